The maximum Gasteiger partial charge on any atom is 0.416 e. The number of hydrogen-bond acceptors (Lipinski definition) is 4. The fourth-order valence-corrected chi connectivity index (χ4v) is 2.51. The van der Waals surface area contributed by atoms with Gasteiger partial charge in [0.15, 0.2) is 0 Å². The van der Waals surface area contributed by atoms with Gasteiger partial charge < -0.3 is 15.5 Å². The molecule has 8 heteroatoms. The minimum atomic E-state index is -4.41. The summed E-state index contributed by atoms with van der Waals surface area (Å²) < 4.78 is 38.0. The SMILES string of the molecule is CCN(CC)c1ccc(CNC(=O)CNc2cccc(C(F)(F)F)c2)cn1. The van der Waals surface area contributed by atoms with E-state index < -0.39 is 11.7 Å². The molecule has 2 rings (SSSR count). The van der Waals surface area contributed by atoms with Crippen LogP contribution in [0.3, 0.4) is 0 Å². The molecular formula is C19H23F3N4O. The van der Waals surface area contributed by atoms with Gasteiger partial charge >= 0.3 is 6.18 Å². The summed E-state index contributed by atoms with van der Waals surface area (Å²) in [6.45, 7) is 6.01. The molecule has 0 aliphatic heterocycles. The highest BCUT2D eigenvalue weighted by molar-refractivity contribution is 5.80. The van der Waals surface area contributed by atoms with E-state index in [2.05, 4.69) is 34.4 Å². The molecule has 0 bridgehead atoms. The van der Waals surface area contributed by atoms with Crippen molar-refractivity contribution in [2.24, 2.45) is 0 Å². The quantitative estimate of drug-likeness (QED) is 0.734. The lowest BCUT2D eigenvalue weighted by Crippen LogP contribution is -2.29. The zero-order valence-corrected chi connectivity index (χ0v) is 15.3. The third-order valence-corrected chi connectivity index (χ3v) is 4.03. The number of carbonyl (C=O) groups excluding carboxylic acids is 1. The van der Waals surface area contributed by atoms with Gasteiger partial charge in [-0.25, -0.2) is 4.98 Å². The molecular weight excluding hydrogens is 357 g/mol. The molecule has 146 valence electrons. The zero-order chi connectivity index (χ0) is 19.9. The Kier molecular flexibility index (Phi) is 7.04. The minimum Gasteiger partial charge on any atom is -0.376 e. The summed E-state index contributed by atoms with van der Waals surface area (Å²) in [5.41, 5.74) is 0.329. The van der Waals surface area contributed by atoms with E-state index in [0.717, 1.165) is 36.6 Å². The van der Waals surface area contributed by atoms with Crippen LogP contribution < -0.4 is 15.5 Å². The van der Waals surface area contributed by atoms with Crippen molar-refractivity contribution in [3.8, 4) is 0 Å². The summed E-state index contributed by atoms with van der Waals surface area (Å²) >= 11 is 0. The molecule has 0 atom stereocenters. The van der Waals surface area contributed by atoms with Gasteiger partial charge in [-0.05, 0) is 43.7 Å². The Hall–Kier alpha value is -2.77. The molecule has 27 heavy (non-hydrogen) atoms. The van der Waals surface area contributed by atoms with Gasteiger partial charge in [0, 0.05) is 31.5 Å². The average molecular weight is 380 g/mol. The first-order chi connectivity index (χ1) is 12.8. The lowest BCUT2D eigenvalue weighted by molar-refractivity contribution is -0.137. The van der Waals surface area contributed by atoms with Gasteiger partial charge in [0.05, 0.1) is 12.1 Å². The van der Waals surface area contributed by atoms with Crippen molar-refractivity contribution >= 4 is 17.4 Å². The Morgan fingerprint density at radius 1 is 1.15 bits per heavy atom. The van der Waals surface area contributed by atoms with Crippen LogP contribution in [0.25, 0.3) is 0 Å². The normalized spacial score (nSPS) is 11.1. The second-order valence-corrected chi connectivity index (χ2v) is 5.91. The van der Waals surface area contributed by atoms with E-state index in [9.17, 15) is 18.0 Å². The van der Waals surface area contributed by atoms with E-state index in [0.29, 0.717) is 6.54 Å². The van der Waals surface area contributed by atoms with Crippen LogP contribution in [0.4, 0.5) is 24.7 Å². The minimum absolute atomic E-state index is 0.119. The molecule has 0 unspecified atom stereocenters. The number of aromatic nitrogens is 1. The Morgan fingerprint density at radius 2 is 1.89 bits per heavy atom. The molecule has 0 radical (unpaired) electrons. The molecule has 0 aliphatic carbocycles. The molecule has 0 fully saturated rings. The van der Waals surface area contributed by atoms with Gasteiger partial charge in [0.2, 0.25) is 5.91 Å². The van der Waals surface area contributed by atoms with Gasteiger partial charge in [-0.2, -0.15) is 13.2 Å². The van der Waals surface area contributed by atoms with Gasteiger partial charge in [0.1, 0.15) is 5.82 Å². The second kappa shape index (κ2) is 9.25. The molecule has 0 saturated heterocycles. The number of hydrogen-bond donors (Lipinski definition) is 2. The smallest absolute Gasteiger partial charge is 0.376 e. The van der Waals surface area contributed by atoms with Crippen LogP contribution in [0.5, 0.6) is 0 Å². The van der Waals surface area contributed by atoms with E-state index in [-0.39, 0.29) is 18.1 Å². The molecule has 2 N–H and O–H groups in total. The van der Waals surface area contributed by atoms with Crippen molar-refractivity contribution in [1.82, 2.24) is 10.3 Å². The fraction of sp³-hybridized carbons (Fsp3) is 0.368. The molecule has 2 aromatic rings. The van der Waals surface area contributed by atoms with Crippen molar-refractivity contribution in [3.05, 3.63) is 53.7 Å². The summed E-state index contributed by atoms with van der Waals surface area (Å²) in [5, 5.41) is 5.41. The van der Waals surface area contributed by atoms with Crippen molar-refractivity contribution in [1.29, 1.82) is 0 Å². The standard InChI is InChI=1S/C19H23F3N4O/c1-3-26(4-2)17-9-8-14(11-24-17)12-25-18(27)13-23-16-7-5-6-15(10-16)19(20,21)22/h5-11,23H,3-4,12-13H2,1-2H3,(H,25,27). The van der Waals surface area contributed by atoms with Gasteiger partial charge in [-0.3, -0.25) is 4.79 Å². The van der Waals surface area contributed by atoms with Crippen LogP contribution in [0.2, 0.25) is 0 Å². The van der Waals surface area contributed by atoms with Crippen LogP contribution in [0, 0.1) is 0 Å². The summed E-state index contributed by atoms with van der Waals surface area (Å²) in [5.74, 6) is 0.557. The van der Waals surface area contributed by atoms with Crippen LogP contribution in [-0.4, -0.2) is 30.5 Å². The number of rotatable bonds is 8. The maximum absolute atomic E-state index is 12.7. The van der Waals surface area contributed by atoms with Crippen LogP contribution in [0.15, 0.2) is 42.6 Å². The Bertz CT molecular complexity index is 743. The first-order valence-corrected chi connectivity index (χ1v) is 8.71. The number of alkyl halides is 3. The first kappa shape index (κ1) is 20.5. The lowest BCUT2D eigenvalue weighted by atomic mass is 10.2. The Labute approximate surface area is 156 Å². The number of nitrogens with zero attached hydrogens (tertiary/aromatic N) is 2. The fourth-order valence-electron chi connectivity index (χ4n) is 2.51. The molecule has 0 spiro atoms. The number of nitrogens with one attached hydrogen (secondary N) is 2. The predicted molar refractivity (Wildman–Crippen MR) is 99.6 cm³/mol. The van der Waals surface area contributed by atoms with Gasteiger partial charge in [0.25, 0.3) is 0 Å². The highest BCUT2D eigenvalue weighted by Gasteiger charge is 2.30. The van der Waals surface area contributed by atoms with Crippen molar-refractivity contribution in [3.63, 3.8) is 0 Å². The molecule has 1 aromatic carbocycles. The average Bonchev–Trinajstić information content (AvgIpc) is 2.66. The Morgan fingerprint density at radius 3 is 2.48 bits per heavy atom. The number of benzene rings is 1. The number of halogens is 3. The van der Waals surface area contributed by atoms with Crippen molar-refractivity contribution in [2.45, 2.75) is 26.6 Å². The first-order valence-electron chi connectivity index (χ1n) is 8.71. The molecule has 5 nitrogen and oxygen atoms in total. The lowest BCUT2D eigenvalue weighted by Gasteiger charge is -2.19. The largest absolute Gasteiger partial charge is 0.416 e. The number of carbonyl (C=O) groups is 1. The van der Waals surface area contributed by atoms with E-state index in [4.69, 9.17) is 0 Å². The van der Waals surface area contributed by atoms with Gasteiger partial charge in [-0.15, -0.1) is 0 Å². The second-order valence-electron chi connectivity index (χ2n) is 5.91. The number of amides is 1. The Balaban J connectivity index is 1.83. The highest BCUT2D eigenvalue weighted by Crippen LogP contribution is 2.30. The highest BCUT2D eigenvalue weighted by atomic mass is 19.4. The zero-order valence-electron chi connectivity index (χ0n) is 15.3. The van der Waals surface area contributed by atoms with Crippen molar-refractivity contribution < 1.29 is 18.0 Å². The van der Waals surface area contributed by atoms with Crippen LogP contribution in [0.1, 0.15) is 25.0 Å². The van der Waals surface area contributed by atoms with Gasteiger partial charge in [-0.1, -0.05) is 12.1 Å². The van der Waals surface area contributed by atoms with Crippen LogP contribution >= 0.6 is 0 Å². The molecule has 1 aromatic heterocycles. The maximum atomic E-state index is 12.7. The topological polar surface area (TPSA) is 57.3 Å². The molecule has 1 heterocycles. The summed E-state index contributed by atoms with van der Waals surface area (Å²) in [6, 6.07) is 8.53. The monoisotopic (exact) mass is 380 g/mol. The molecule has 1 amide bonds. The number of pyridine rings is 1. The third-order valence-electron chi connectivity index (χ3n) is 4.03. The van der Waals surface area contributed by atoms with E-state index in [1.54, 1.807) is 6.20 Å². The number of anilines is 2. The van der Waals surface area contributed by atoms with E-state index in [1.807, 2.05) is 12.1 Å². The molecule has 0 aliphatic rings. The summed E-state index contributed by atoms with van der Waals surface area (Å²) in [6.07, 6.45) is -2.71. The summed E-state index contributed by atoms with van der Waals surface area (Å²) in [7, 11) is 0. The predicted octanol–water partition coefficient (Wildman–Crippen LogP) is 3.67. The molecule has 0 saturated carbocycles. The third kappa shape index (κ3) is 6.16. The van der Waals surface area contributed by atoms with Crippen LogP contribution in [-0.2, 0) is 17.5 Å². The van der Waals surface area contributed by atoms with Crippen molar-refractivity contribution in [2.75, 3.05) is 29.9 Å². The van der Waals surface area contributed by atoms with E-state index in [1.165, 1.54) is 12.1 Å². The summed E-state index contributed by atoms with van der Waals surface area (Å²) in [4.78, 5) is 18.4. The van der Waals surface area contributed by atoms with E-state index >= 15 is 0 Å².